The van der Waals surface area contributed by atoms with E-state index in [-0.39, 0.29) is 0 Å². The molecule has 0 heterocycles. The topological polar surface area (TPSA) is 12.4 Å². The molecule has 0 atom stereocenters. The zero-order valence-corrected chi connectivity index (χ0v) is 30.8. The second-order valence-corrected chi connectivity index (χ2v) is 14.8. The lowest BCUT2D eigenvalue weighted by molar-refractivity contribution is 0.742. The van der Waals surface area contributed by atoms with Crippen LogP contribution in [0.15, 0.2) is 186 Å². The van der Waals surface area contributed by atoms with Gasteiger partial charge < -0.3 is 0 Å². The van der Waals surface area contributed by atoms with E-state index in [1.54, 1.807) is 0 Å². The number of allylic oxidation sites excluding steroid dienone is 7. The Morgan fingerprint density at radius 1 is 0.537 bits per heavy atom. The van der Waals surface area contributed by atoms with Crippen LogP contribution in [-0.2, 0) is 12.8 Å². The fourth-order valence-electron chi connectivity index (χ4n) is 8.40. The molecule has 6 aromatic rings. The zero-order valence-electron chi connectivity index (χ0n) is 30.8. The molecule has 0 saturated carbocycles. The van der Waals surface area contributed by atoms with Gasteiger partial charge in [-0.05, 0) is 154 Å². The summed E-state index contributed by atoms with van der Waals surface area (Å²) in [5, 5.41) is 0. The third-order valence-corrected chi connectivity index (χ3v) is 11.3. The molecule has 54 heavy (non-hydrogen) atoms. The van der Waals surface area contributed by atoms with E-state index in [9.17, 15) is 0 Å². The van der Waals surface area contributed by atoms with Crippen LogP contribution in [0.25, 0.3) is 50.2 Å². The Hall–Kier alpha value is -6.05. The van der Waals surface area contributed by atoms with Gasteiger partial charge in [-0.15, -0.1) is 0 Å². The number of aliphatic imine (C=N–C) groups is 1. The van der Waals surface area contributed by atoms with Gasteiger partial charge >= 0.3 is 0 Å². The van der Waals surface area contributed by atoms with Crippen molar-refractivity contribution in [2.24, 2.45) is 4.99 Å². The Kier molecular flexibility index (Phi) is 9.70. The van der Waals surface area contributed by atoms with Crippen molar-refractivity contribution in [1.29, 1.82) is 0 Å². The lowest BCUT2D eigenvalue weighted by Crippen LogP contribution is -1.99. The van der Waals surface area contributed by atoms with Gasteiger partial charge in [-0.3, -0.25) is 4.99 Å². The number of fused-ring (bicyclic) bond motifs is 2. The Morgan fingerprint density at radius 3 is 1.91 bits per heavy atom. The molecular weight excluding hydrogens is 651 g/mol. The van der Waals surface area contributed by atoms with E-state index in [4.69, 9.17) is 4.99 Å². The summed E-state index contributed by atoms with van der Waals surface area (Å²) in [7, 11) is 0. The smallest absolute Gasteiger partial charge is 0.0665 e. The fraction of sp³-hybridized carbons (Fsp3) is 0.151. The predicted molar refractivity (Wildman–Crippen MR) is 230 cm³/mol. The van der Waals surface area contributed by atoms with E-state index >= 15 is 0 Å². The summed E-state index contributed by atoms with van der Waals surface area (Å²) in [6.45, 7) is 0. The normalized spacial score (nSPS) is 15.5. The molecule has 6 aromatic carbocycles. The van der Waals surface area contributed by atoms with Crippen molar-refractivity contribution in [3.8, 4) is 33.4 Å². The summed E-state index contributed by atoms with van der Waals surface area (Å²) in [6.07, 6.45) is 18.2. The van der Waals surface area contributed by atoms with Crippen LogP contribution in [0.3, 0.4) is 0 Å². The molecule has 1 heteroatoms. The minimum Gasteiger partial charge on any atom is -0.256 e. The molecular formula is C53H45N. The van der Waals surface area contributed by atoms with Crippen LogP contribution in [0.4, 0.5) is 0 Å². The van der Waals surface area contributed by atoms with Gasteiger partial charge in [-0.2, -0.15) is 0 Å². The Balaban J connectivity index is 1.01. The molecule has 262 valence electrons. The van der Waals surface area contributed by atoms with E-state index in [0.29, 0.717) is 0 Å². The minimum atomic E-state index is 0.845. The third-order valence-electron chi connectivity index (χ3n) is 11.3. The molecule has 1 nitrogen and oxygen atoms in total. The van der Waals surface area contributed by atoms with Gasteiger partial charge in [0.05, 0.1) is 5.70 Å². The maximum absolute atomic E-state index is 5.18. The van der Waals surface area contributed by atoms with Gasteiger partial charge in [0, 0.05) is 6.21 Å². The number of hydrogen-bond acceptors (Lipinski definition) is 1. The maximum atomic E-state index is 5.18. The van der Waals surface area contributed by atoms with Crippen LogP contribution in [0.1, 0.15) is 66.3 Å². The van der Waals surface area contributed by atoms with Gasteiger partial charge in [0.15, 0.2) is 0 Å². The van der Waals surface area contributed by atoms with Crippen molar-refractivity contribution in [2.75, 3.05) is 0 Å². The van der Waals surface area contributed by atoms with Gasteiger partial charge in [-0.1, -0.05) is 151 Å². The summed E-state index contributed by atoms with van der Waals surface area (Å²) in [5.41, 5.74) is 20.8. The second kappa shape index (κ2) is 15.5. The third kappa shape index (κ3) is 7.28. The minimum absolute atomic E-state index is 0.845. The Bertz CT molecular complexity index is 2440. The van der Waals surface area contributed by atoms with Crippen molar-refractivity contribution in [2.45, 2.75) is 51.4 Å². The molecule has 9 rings (SSSR count). The van der Waals surface area contributed by atoms with Gasteiger partial charge in [0.2, 0.25) is 0 Å². The maximum Gasteiger partial charge on any atom is 0.0665 e. The number of hydrogen-bond donors (Lipinski definition) is 0. The first kappa shape index (κ1) is 33.8. The standard InChI is InChI=1S/C53H45N/c1-5-14-38(15-6-1)24-31-52(43-20-11-4-12-21-43)54-37-47-23-13-22-46-32-45-30-29-44(36-51(45)53(46)47)41-25-27-42(28-26-41)50-34-48(39-16-7-2-8-17-39)33-49(35-50)40-18-9-3-10-19-40/h1-2,4-8,11-12,14-18,20-21,23,25-31,33-37H,3,9-10,13,19,22,24,32H2/b52-31-,54-37?. The van der Waals surface area contributed by atoms with Crippen molar-refractivity contribution in [3.63, 3.8) is 0 Å². The first-order chi connectivity index (χ1) is 26.7. The summed E-state index contributed by atoms with van der Waals surface area (Å²) < 4.78 is 0. The number of rotatable bonds is 9. The largest absolute Gasteiger partial charge is 0.256 e. The highest BCUT2D eigenvalue weighted by Gasteiger charge is 2.26. The quantitative estimate of drug-likeness (QED) is 0.134. The van der Waals surface area contributed by atoms with Crippen LogP contribution in [-0.4, -0.2) is 6.21 Å². The SMILES string of the molecule is C(=N/C(=C\Cc1ccccc1)c1ccccc1)C1=CCCC2=C1c1cc(-c3ccc(-c4cc(C5=CCCCC5)cc(-c5ccccc5)c4)cc3)ccc1C2. The fourth-order valence-corrected chi connectivity index (χ4v) is 8.40. The van der Waals surface area contributed by atoms with Gasteiger partial charge in [0.1, 0.15) is 0 Å². The Morgan fingerprint density at radius 2 is 1.19 bits per heavy atom. The molecule has 0 fully saturated rings. The van der Waals surface area contributed by atoms with Gasteiger partial charge in [-0.25, -0.2) is 0 Å². The first-order valence-electron chi connectivity index (χ1n) is 19.7. The van der Waals surface area contributed by atoms with E-state index in [1.807, 2.05) is 0 Å². The van der Waals surface area contributed by atoms with Crippen molar-refractivity contribution in [3.05, 3.63) is 209 Å². The van der Waals surface area contributed by atoms with Crippen LogP contribution in [0.2, 0.25) is 0 Å². The highest BCUT2D eigenvalue weighted by molar-refractivity contribution is 6.06. The number of nitrogens with zero attached hydrogens (tertiary/aromatic N) is 1. The van der Waals surface area contributed by atoms with E-state index in [1.165, 1.54) is 97.2 Å². The molecule has 0 radical (unpaired) electrons. The van der Waals surface area contributed by atoms with E-state index < -0.39 is 0 Å². The molecule has 3 aliphatic carbocycles. The van der Waals surface area contributed by atoms with Gasteiger partial charge in [0.25, 0.3) is 0 Å². The Labute approximate surface area is 320 Å². The predicted octanol–water partition coefficient (Wildman–Crippen LogP) is 14.0. The molecule has 3 aliphatic rings. The van der Waals surface area contributed by atoms with Crippen LogP contribution < -0.4 is 0 Å². The molecule has 0 aromatic heterocycles. The lowest BCUT2D eigenvalue weighted by atomic mass is 9.88. The molecule has 0 aliphatic heterocycles. The lowest BCUT2D eigenvalue weighted by Gasteiger charge is -2.17. The average molecular weight is 696 g/mol. The monoisotopic (exact) mass is 695 g/mol. The van der Waals surface area contributed by atoms with Crippen molar-refractivity contribution < 1.29 is 0 Å². The summed E-state index contributed by atoms with van der Waals surface area (Å²) >= 11 is 0. The zero-order chi connectivity index (χ0) is 36.1. The van der Waals surface area contributed by atoms with Crippen LogP contribution in [0, 0.1) is 0 Å². The molecule has 0 saturated heterocycles. The highest BCUT2D eigenvalue weighted by Crippen LogP contribution is 2.44. The van der Waals surface area contributed by atoms with Crippen molar-refractivity contribution in [1.82, 2.24) is 0 Å². The van der Waals surface area contributed by atoms with Crippen LogP contribution >= 0.6 is 0 Å². The van der Waals surface area contributed by atoms with Crippen molar-refractivity contribution >= 4 is 23.1 Å². The average Bonchev–Trinajstić information content (AvgIpc) is 3.64. The summed E-state index contributed by atoms with van der Waals surface area (Å²) in [6, 6.07) is 55.5. The second-order valence-electron chi connectivity index (χ2n) is 14.8. The molecule has 0 N–H and O–H groups in total. The molecule has 0 amide bonds. The first-order valence-corrected chi connectivity index (χ1v) is 19.7. The van der Waals surface area contributed by atoms with E-state index in [2.05, 4.69) is 176 Å². The number of benzene rings is 6. The molecule has 0 bridgehead atoms. The van der Waals surface area contributed by atoms with E-state index in [0.717, 1.165) is 43.4 Å². The van der Waals surface area contributed by atoms with Crippen LogP contribution in [0.5, 0.6) is 0 Å². The summed E-state index contributed by atoms with van der Waals surface area (Å²) in [4.78, 5) is 5.18. The molecule has 0 spiro atoms. The molecule has 0 unspecified atom stereocenters. The summed E-state index contributed by atoms with van der Waals surface area (Å²) in [5.74, 6) is 0. The highest BCUT2D eigenvalue weighted by atomic mass is 14.7.